The van der Waals surface area contributed by atoms with Crippen LogP contribution in [0.2, 0.25) is 0 Å². The van der Waals surface area contributed by atoms with Crippen molar-refractivity contribution in [3.05, 3.63) is 16.1 Å². The molecule has 0 saturated carbocycles. The average molecular weight is 243 g/mol. The van der Waals surface area contributed by atoms with Crippen molar-refractivity contribution in [3.63, 3.8) is 0 Å². The highest BCUT2D eigenvalue weighted by atomic mass is 32.1. The van der Waals surface area contributed by atoms with Crippen LogP contribution in [-0.4, -0.2) is 37.8 Å². The summed E-state index contributed by atoms with van der Waals surface area (Å²) in [5.74, 6) is 0. The average Bonchev–Trinajstić information content (AvgIpc) is 2.68. The van der Waals surface area contributed by atoms with Crippen molar-refractivity contribution in [1.82, 2.24) is 15.6 Å². The molecule has 0 bridgehead atoms. The predicted octanol–water partition coefficient (Wildman–Crippen LogP) is 1.17. The minimum atomic E-state index is 0.458. The topological polar surface area (TPSA) is 46.2 Å². The maximum absolute atomic E-state index is 4.97. The molecule has 0 aromatic carbocycles. The zero-order valence-corrected chi connectivity index (χ0v) is 11.1. The third-order valence-electron chi connectivity index (χ3n) is 2.23. The first kappa shape index (κ1) is 13.6. The molecule has 1 atom stereocenters. The number of nitrogens with zero attached hydrogens (tertiary/aromatic N) is 1. The Kier molecular flexibility index (Phi) is 6.56. The van der Waals surface area contributed by atoms with Crippen LogP contribution in [0.1, 0.15) is 16.8 Å². The molecule has 0 aliphatic carbocycles. The van der Waals surface area contributed by atoms with Gasteiger partial charge in [-0.05, 0) is 13.8 Å². The molecular formula is C11H21N3OS. The molecular weight excluding hydrogens is 222 g/mol. The van der Waals surface area contributed by atoms with Gasteiger partial charge >= 0.3 is 0 Å². The van der Waals surface area contributed by atoms with Gasteiger partial charge in [-0.25, -0.2) is 4.98 Å². The summed E-state index contributed by atoms with van der Waals surface area (Å²) in [6.07, 6.45) is 1.94. The van der Waals surface area contributed by atoms with Gasteiger partial charge in [0.1, 0.15) is 0 Å². The van der Waals surface area contributed by atoms with Gasteiger partial charge in [0, 0.05) is 43.9 Å². The van der Waals surface area contributed by atoms with E-state index in [2.05, 4.69) is 22.5 Å². The van der Waals surface area contributed by atoms with Gasteiger partial charge in [-0.2, -0.15) is 0 Å². The third-order valence-corrected chi connectivity index (χ3v) is 3.14. The standard InChI is InChI=1S/C11H21N3OS/c1-9(6-12-4-5-15-3)13-7-11-8-14-10(2)16-11/h8-9,12-13H,4-7H2,1-3H3. The lowest BCUT2D eigenvalue weighted by molar-refractivity contribution is 0.198. The summed E-state index contributed by atoms with van der Waals surface area (Å²) in [5, 5.41) is 7.91. The highest BCUT2D eigenvalue weighted by molar-refractivity contribution is 7.11. The second-order valence-corrected chi connectivity index (χ2v) is 5.14. The van der Waals surface area contributed by atoms with Gasteiger partial charge in [-0.15, -0.1) is 11.3 Å². The van der Waals surface area contributed by atoms with Crippen LogP contribution in [0.15, 0.2) is 6.20 Å². The van der Waals surface area contributed by atoms with Crippen molar-refractivity contribution in [3.8, 4) is 0 Å². The second-order valence-electron chi connectivity index (χ2n) is 3.82. The zero-order valence-electron chi connectivity index (χ0n) is 10.2. The van der Waals surface area contributed by atoms with E-state index in [1.807, 2.05) is 13.1 Å². The largest absolute Gasteiger partial charge is 0.383 e. The first-order valence-electron chi connectivity index (χ1n) is 5.56. The van der Waals surface area contributed by atoms with Gasteiger partial charge in [-0.3, -0.25) is 0 Å². The molecule has 2 N–H and O–H groups in total. The second kappa shape index (κ2) is 7.73. The van der Waals surface area contributed by atoms with Crippen LogP contribution in [0.3, 0.4) is 0 Å². The summed E-state index contributed by atoms with van der Waals surface area (Å²) in [5.41, 5.74) is 0. The van der Waals surface area contributed by atoms with Crippen LogP contribution in [0.25, 0.3) is 0 Å². The van der Waals surface area contributed by atoms with E-state index in [1.54, 1.807) is 18.4 Å². The molecule has 16 heavy (non-hydrogen) atoms. The Labute approximate surface area is 101 Å². The van der Waals surface area contributed by atoms with Crippen LogP contribution in [0.4, 0.5) is 0 Å². The number of hydrogen-bond acceptors (Lipinski definition) is 5. The maximum atomic E-state index is 4.97. The van der Waals surface area contributed by atoms with E-state index < -0.39 is 0 Å². The van der Waals surface area contributed by atoms with Gasteiger partial charge in [0.15, 0.2) is 0 Å². The van der Waals surface area contributed by atoms with Crippen molar-refractivity contribution >= 4 is 11.3 Å². The summed E-state index contributed by atoms with van der Waals surface area (Å²) >= 11 is 1.75. The Balaban J connectivity index is 2.08. The van der Waals surface area contributed by atoms with Gasteiger partial charge < -0.3 is 15.4 Å². The molecule has 1 aromatic heterocycles. The molecule has 5 heteroatoms. The Bertz CT molecular complexity index is 291. The highest BCUT2D eigenvalue weighted by Gasteiger charge is 2.02. The van der Waals surface area contributed by atoms with E-state index in [4.69, 9.17) is 4.74 Å². The molecule has 1 rings (SSSR count). The fraction of sp³-hybridized carbons (Fsp3) is 0.727. The SMILES string of the molecule is COCCNCC(C)NCc1cnc(C)s1. The Morgan fingerprint density at radius 1 is 1.56 bits per heavy atom. The van der Waals surface area contributed by atoms with Crippen molar-refractivity contribution < 1.29 is 4.74 Å². The number of methoxy groups -OCH3 is 1. The Hall–Kier alpha value is -0.490. The third kappa shape index (κ3) is 5.55. The van der Waals surface area contributed by atoms with Crippen LogP contribution < -0.4 is 10.6 Å². The fourth-order valence-electron chi connectivity index (χ4n) is 1.33. The van der Waals surface area contributed by atoms with E-state index in [0.717, 1.165) is 31.2 Å². The number of aromatic nitrogens is 1. The summed E-state index contributed by atoms with van der Waals surface area (Å²) in [7, 11) is 1.72. The lowest BCUT2D eigenvalue weighted by Gasteiger charge is -2.13. The maximum Gasteiger partial charge on any atom is 0.0897 e. The molecule has 4 nitrogen and oxygen atoms in total. The minimum absolute atomic E-state index is 0.458. The van der Waals surface area contributed by atoms with Gasteiger partial charge in [0.2, 0.25) is 0 Å². The van der Waals surface area contributed by atoms with Crippen LogP contribution >= 0.6 is 11.3 Å². The van der Waals surface area contributed by atoms with Gasteiger partial charge in [0.05, 0.1) is 11.6 Å². The summed E-state index contributed by atoms with van der Waals surface area (Å²) in [4.78, 5) is 5.52. The molecule has 1 aromatic rings. The molecule has 0 saturated heterocycles. The Morgan fingerprint density at radius 3 is 3.00 bits per heavy atom. The first-order chi connectivity index (χ1) is 7.72. The number of nitrogens with one attached hydrogen (secondary N) is 2. The van der Waals surface area contributed by atoms with Crippen LogP contribution in [0.5, 0.6) is 0 Å². The quantitative estimate of drug-likeness (QED) is 0.673. The smallest absolute Gasteiger partial charge is 0.0897 e. The summed E-state index contributed by atoms with van der Waals surface area (Å²) < 4.78 is 4.97. The molecule has 0 spiro atoms. The summed E-state index contributed by atoms with van der Waals surface area (Å²) in [6, 6.07) is 0.458. The number of thiazole rings is 1. The molecule has 1 heterocycles. The van der Waals surface area contributed by atoms with E-state index in [-0.39, 0.29) is 0 Å². The van der Waals surface area contributed by atoms with Crippen LogP contribution in [-0.2, 0) is 11.3 Å². The Morgan fingerprint density at radius 2 is 2.38 bits per heavy atom. The van der Waals surface area contributed by atoms with Crippen molar-refractivity contribution in [1.29, 1.82) is 0 Å². The molecule has 92 valence electrons. The monoisotopic (exact) mass is 243 g/mol. The molecule has 1 unspecified atom stereocenters. The van der Waals surface area contributed by atoms with Crippen LogP contribution in [0, 0.1) is 6.92 Å². The van der Waals surface area contributed by atoms with Gasteiger partial charge in [0.25, 0.3) is 0 Å². The first-order valence-corrected chi connectivity index (χ1v) is 6.38. The van der Waals surface area contributed by atoms with E-state index in [1.165, 1.54) is 4.88 Å². The van der Waals surface area contributed by atoms with Crippen molar-refractivity contribution in [2.45, 2.75) is 26.4 Å². The highest BCUT2D eigenvalue weighted by Crippen LogP contribution is 2.10. The summed E-state index contributed by atoms with van der Waals surface area (Å²) in [6.45, 7) is 7.74. The normalized spacial score (nSPS) is 12.9. The van der Waals surface area contributed by atoms with E-state index in [0.29, 0.717) is 6.04 Å². The van der Waals surface area contributed by atoms with Crippen molar-refractivity contribution in [2.75, 3.05) is 26.8 Å². The lowest BCUT2D eigenvalue weighted by Crippen LogP contribution is -2.36. The van der Waals surface area contributed by atoms with E-state index >= 15 is 0 Å². The molecule has 0 aliphatic heterocycles. The number of aryl methyl sites for hydroxylation is 1. The number of hydrogen-bond donors (Lipinski definition) is 2. The van der Waals surface area contributed by atoms with Gasteiger partial charge in [-0.1, -0.05) is 0 Å². The molecule has 0 radical (unpaired) electrons. The minimum Gasteiger partial charge on any atom is -0.383 e. The number of rotatable bonds is 8. The van der Waals surface area contributed by atoms with E-state index in [9.17, 15) is 0 Å². The molecule has 0 aliphatic rings. The molecule has 0 amide bonds. The zero-order chi connectivity index (χ0) is 11.8. The predicted molar refractivity (Wildman–Crippen MR) is 67.9 cm³/mol. The fourth-order valence-corrected chi connectivity index (χ4v) is 2.07. The number of ether oxygens (including phenoxy) is 1. The van der Waals surface area contributed by atoms with Crippen molar-refractivity contribution in [2.24, 2.45) is 0 Å². The lowest BCUT2D eigenvalue weighted by atomic mass is 10.3. The molecule has 0 fully saturated rings.